The van der Waals surface area contributed by atoms with Crippen molar-refractivity contribution in [2.24, 2.45) is 0 Å². The zero-order valence-electron chi connectivity index (χ0n) is 46.1. The summed E-state index contributed by atoms with van der Waals surface area (Å²) in [6.07, 6.45) is 67.3. The van der Waals surface area contributed by atoms with E-state index in [0.29, 0.717) is 17.4 Å². The molecule has 0 aliphatic heterocycles. The molecule has 71 heavy (non-hydrogen) atoms. The monoisotopic (exact) mass is 992 g/mol. The number of rotatable bonds is 51. The number of unbranched alkanes of at least 4 members (excludes halogenated alkanes) is 20. The van der Waals surface area contributed by atoms with E-state index < -0.39 is 24.3 Å². The van der Waals surface area contributed by atoms with Gasteiger partial charge in [0, 0.05) is 12.8 Å². The third kappa shape index (κ3) is 53.8. The van der Waals surface area contributed by atoms with E-state index in [0.717, 1.165) is 83.5 Å². The predicted molar refractivity (Wildman–Crippen MR) is 297 cm³/mol. The smallest absolute Gasteiger partial charge is 0.306 e. The highest BCUT2D eigenvalue weighted by Crippen LogP contribution is 2.14. The van der Waals surface area contributed by atoms with Gasteiger partial charge in [0.2, 0.25) is 0 Å². The van der Waals surface area contributed by atoms with Crippen LogP contribution in [0.2, 0.25) is 0 Å². The van der Waals surface area contributed by atoms with Crippen molar-refractivity contribution in [1.82, 2.24) is 0 Å². The number of aliphatic carboxylic acids is 1. The minimum atomic E-state index is -1.64. The molecule has 9 nitrogen and oxygen atoms in total. The van der Waals surface area contributed by atoms with Gasteiger partial charge in [0.25, 0.3) is 0 Å². The second-order valence-corrected chi connectivity index (χ2v) is 19.8. The van der Waals surface area contributed by atoms with Crippen LogP contribution in [0.15, 0.2) is 97.2 Å². The molecule has 0 amide bonds. The Balaban J connectivity index is 4.38. The second-order valence-electron chi connectivity index (χ2n) is 19.8. The number of carboxylic acids is 1. The number of likely N-dealkylation sites (N-methyl/N-ethyl adjacent to an activating group) is 1. The van der Waals surface area contributed by atoms with E-state index in [1.54, 1.807) is 0 Å². The number of carbonyl (C=O) groups excluding carboxylic acids is 3. The number of ether oxygens (including phenoxy) is 4. The fourth-order valence-electron chi connectivity index (χ4n) is 7.45. The number of esters is 2. The Bertz CT molecular complexity index is 1480. The summed E-state index contributed by atoms with van der Waals surface area (Å²) in [5, 5.41) is 11.8. The van der Waals surface area contributed by atoms with Crippen LogP contribution in [0.25, 0.3) is 0 Å². The molecule has 0 saturated heterocycles. The van der Waals surface area contributed by atoms with Gasteiger partial charge in [-0.2, -0.15) is 0 Å². The van der Waals surface area contributed by atoms with E-state index in [-0.39, 0.29) is 38.6 Å². The molecule has 0 aliphatic carbocycles. The Morgan fingerprint density at radius 1 is 0.437 bits per heavy atom. The summed E-state index contributed by atoms with van der Waals surface area (Å²) in [4.78, 5) is 37.3. The summed E-state index contributed by atoms with van der Waals surface area (Å²) in [7, 11) is 5.90. The average molecular weight is 993 g/mol. The van der Waals surface area contributed by atoms with Gasteiger partial charge in [0.1, 0.15) is 13.2 Å². The fourth-order valence-corrected chi connectivity index (χ4v) is 7.45. The molecule has 0 spiro atoms. The lowest BCUT2D eigenvalue weighted by atomic mass is 10.1. The van der Waals surface area contributed by atoms with Crippen LogP contribution in [0, 0.1) is 0 Å². The van der Waals surface area contributed by atoms with E-state index in [9.17, 15) is 19.5 Å². The summed E-state index contributed by atoms with van der Waals surface area (Å²) in [6, 6.07) is 0. The van der Waals surface area contributed by atoms with Crippen LogP contribution in [-0.4, -0.2) is 82.3 Å². The largest absolute Gasteiger partial charge is 0.545 e. The number of nitrogens with zero attached hydrogens (tertiary/aromatic N) is 1. The van der Waals surface area contributed by atoms with E-state index in [1.165, 1.54) is 103 Å². The highest BCUT2D eigenvalue weighted by atomic mass is 16.7. The van der Waals surface area contributed by atoms with Crippen molar-refractivity contribution in [1.29, 1.82) is 0 Å². The predicted octanol–water partition coefficient (Wildman–Crippen LogP) is 15.2. The van der Waals surface area contributed by atoms with Crippen molar-refractivity contribution in [3.63, 3.8) is 0 Å². The fraction of sp³-hybridized carbons (Fsp3) is 0.694. The minimum absolute atomic E-state index is 0.136. The van der Waals surface area contributed by atoms with Gasteiger partial charge >= 0.3 is 11.9 Å². The highest BCUT2D eigenvalue weighted by Gasteiger charge is 2.22. The van der Waals surface area contributed by atoms with E-state index in [2.05, 4.69) is 111 Å². The lowest BCUT2D eigenvalue weighted by Gasteiger charge is -2.26. The van der Waals surface area contributed by atoms with Gasteiger partial charge in [-0.05, 0) is 96.3 Å². The van der Waals surface area contributed by atoms with Crippen LogP contribution in [0.5, 0.6) is 0 Å². The number of quaternary nitrogens is 1. The third-order valence-corrected chi connectivity index (χ3v) is 11.8. The molecule has 0 aliphatic rings. The van der Waals surface area contributed by atoms with Crippen LogP contribution < -0.4 is 5.11 Å². The Morgan fingerprint density at radius 3 is 1.23 bits per heavy atom. The number of carboxylic acid groups (broad SMARTS) is 1. The Hall–Kier alpha value is -3.79. The molecule has 0 rings (SSSR count). The second kappa shape index (κ2) is 52.5. The Labute approximate surface area is 435 Å². The van der Waals surface area contributed by atoms with Gasteiger partial charge < -0.3 is 33.3 Å². The summed E-state index contributed by atoms with van der Waals surface area (Å²) in [5.74, 6) is -2.34. The lowest BCUT2D eigenvalue weighted by molar-refractivity contribution is -0.870. The topological polar surface area (TPSA) is 111 Å². The molecule has 9 heteroatoms. The molecule has 2 unspecified atom stereocenters. The zero-order chi connectivity index (χ0) is 52.0. The lowest BCUT2D eigenvalue weighted by Crippen LogP contribution is -2.44. The van der Waals surface area contributed by atoms with Crippen LogP contribution >= 0.6 is 0 Å². The quantitative estimate of drug-likeness (QED) is 0.0195. The van der Waals surface area contributed by atoms with Gasteiger partial charge in [-0.1, -0.05) is 207 Å². The minimum Gasteiger partial charge on any atom is -0.545 e. The first kappa shape index (κ1) is 67.2. The first-order chi connectivity index (χ1) is 34.6. The normalized spacial score (nSPS) is 13.5. The van der Waals surface area contributed by atoms with Crippen molar-refractivity contribution < 1.29 is 42.9 Å². The third-order valence-electron chi connectivity index (χ3n) is 11.8. The van der Waals surface area contributed by atoms with Crippen molar-refractivity contribution in [3.8, 4) is 0 Å². The molecule has 0 radical (unpaired) electrons. The van der Waals surface area contributed by atoms with Crippen molar-refractivity contribution >= 4 is 17.9 Å². The highest BCUT2D eigenvalue weighted by molar-refractivity contribution is 5.70. The van der Waals surface area contributed by atoms with Crippen molar-refractivity contribution in [2.75, 3.05) is 47.5 Å². The maximum absolute atomic E-state index is 12.8. The van der Waals surface area contributed by atoms with Gasteiger partial charge in [-0.15, -0.1) is 0 Å². The molecule has 0 aromatic heterocycles. The zero-order valence-corrected chi connectivity index (χ0v) is 46.1. The van der Waals surface area contributed by atoms with E-state index in [1.807, 2.05) is 21.1 Å². The van der Waals surface area contributed by atoms with Gasteiger partial charge in [0.15, 0.2) is 12.4 Å². The molecule has 2 atom stereocenters. The molecule has 0 aromatic carbocycles. The van der Waals surface area contributed by atoms with Crippen molar-refractivity contribution in [2.45, 2.75) is 232 Å². The van der Waals surface area contributed by atoms with E-state index in [4.69, 9.17) is 18.9 Å². The van der Waals surface area contributed by atoms with Gasteiger partial charge in [0.05, 0.1) is 40.3 Å². The first-order valence-electron chi connectivity index (χ1n) is 28.4. The maximum Gasteiger partial charge on any atom is 0.306 e. The molecular weight excluding hydrogens is 887 g/mol. The summed E-state index contributed by atoms with van der Waals surface area (Å²) in [5.41, 5.74) is 0. The molecule has 406 valence electrons. The van der Waals surface area contributed by atoms with E-state index >= 15 is 0 Å². The molecular formula is C62H105NO8. The molecule has 0 aromatic rings. The summed E-state index contributed by atoms with van der Waals surface area (Å²) >= 11 is 0. The summed E-state index contributed by atoms with van der Waals surface area (Å²) in [6.45, 7) is 4.59. The number of carbonyl (C=O) groups is 3. The molecule has 0 N–H and O–H groups in total. The SMILES string of the molecule is CC/C=C\C/C=C\C/C=C\C/C=C\C/C=C\C/C=C\C/C=C\CCCCCC(=O)OC(COC(=O)CCCCCCCCCCC/C=C\CCCCCCCCCC)COC(OCC[N+](C)(C)C)C(=O)[O-]. The van der Waals surface area contributed by atoms with Gasteiger partial charge in [-0.3, -0.25) is 9.59 Å². The van der Waals surface area contributed by atoms with Crippen LogP contribution in [-0.2, 0) is 33.3 Å². The summed E-state index contributed by atoms with van der Waals surface area (Å²) < 4.78 is 22.6. The molecule has 0 saturated carbocycles. The average Bonchev–Trinajstić information content (AvgIpc) is 3.34. The van der Waals surface area contributed by atoms with Crippen LogP contribution in [0.3, 0.4) is 0 Å². The Kier molecular flexibility index (Phi) is 49.7. The Morgan fingerprint density at radius 2 is 0.803 bits per heavy atom. The van der Waals surface area contributed by atoms with Crippen LogP contribution in [0.4, 0.5) is 0 Å². The molecule has 0 fully saturated rings. The molecule has 0 bridgehead atoms. The molecule has 0 heterocycles. The number of hydrogen-bond donors (Lipinski definition) is 0. The first-order valence-corrected chi connectivity index (χ1v) is 28.4. The van der Waals surface area contributed by atoms with Gasteiger partial charge in [-0.25, -0.2) is 0 Å². The van der Waals surface area contributed by atoms with Crippen molar-refractivity contribution in [3.05, 3.63) is 97.2 Å². The maximum atomic E-state index is 12.8. The number of hydrogen-bond acceptors (Lipinski definition) is 8. The number of allylic oxidation sites excluding steroid dienone is 16. The van der Waals surface area contributed by atoms with Crippen LogP contribution in [0.1, 0.15) is 219 Å². The standard InChI is InChI=1S/C62H105NO8/c1-6-8-10-12-14-16-18-20-22-24-26-28-29-30-31-33-35-37-39-41-43-45-47-49-51-53-60(65)71-58(57-70-62(61(66)67)68-55-54-63(3,4)5)56-69-59(64)52-50-48-46-44-42-40-38-36-34-32-27-25-23-21-19-17-15-13-11-9-7-2/h8,10,14,16,20,22,25-28,30-31,35,37,41,43,58,62H,6-7,9,11-13,15,17-19,21,23-24,29,32-34,36,38-40,42,44-57H2,1-5H3/b10-8-,16-14-,22-20-,27-25-,28-26-,31-30-,37-35-,43-41-.